The lowest BCUT2D eigenvalue weighted by Crippen LogP contribution is -2.22. The highest BCUT2D eigenvalue weighted by Gasteiger charge is 2.32. The number of aliphatic hydroxyl groups excluding tert-OH is 1. The molecule has 3 rings (SSSR count). The van der Waals surface area contributed by atoms with Crippen molar-refractivity contribution in [2.75, 3.05) is 13.1 Å². The van der Waals surface area contributed by atoms with Gasteiger partial charge in [-0.3, -0.25) is 9.88 Å². The van der Waals surface area contributed by atoms with E-state index in [-0.39, 0.29) is 12.0 Å². The molecule has 5 heteroatoms. The standard InChI is InChI=1S/C16H21N3O2/c1-11-4-3-5-14(17-11)9-19-8-13(16(20)10-19)7-15-6-12(2)18-21-15/h3-6,13,16,20H,7-10H2,1-2H3/t13-,16+/m1/s1. The summed E-state index contributed by atoms with van der Waals surface area (Å²) in [5.74, 6) is 1.05. The van der Waals surface area contributed by atoms with Crippen molar-refractivity contribution in [3.63, 3.8) is 0 Å². The molecular formula is C16H21N3O2. The van der Waals surface area contributed by atoms with Gasteiger partial charge in [0.25, 0.3) is 0 Å². The summed E-state index contributed by atoms with van der Waals surface area (Å²) in [6.07, 6.45) is 0.417. The maximum absolute atomic E-state index is 10.2. The van der Waals surface area contributed by atoms with Crippen molar-refractivity contribution in [3.05, 3.63) is 47.1 Å². The fourth-order valence-electron chi connectivity index (χ4n) is 2.96. The summed E-state index contributed by atoms with van der Waals surface area (Å²) >= 11 is 0. The zero-order valence-electron chi connectivity index (χ0n) is 12.5. The normalized spacial score (nSPS) is 22.8. The van der Waals surface area contributed by atoms with Crippen LogP contribution in [-0.2, 0) is 13.0 Å². The second kappa shape index (κ2) is 5.95. The molecule has 1 aliphatic heterocycles. The van der Waals surface area contributed by atoms with Gasteiger partial charge in [0.15, 0.2) is 0 Å². The SMILES string of the molecule is Cc1cc(C[C@@H]2CN(Cc3cccc(C)n3)C[C@@H]2O)on1. The third kappa shape index (κ3) is 3.49. The van der Waals surface area contributed by atoms with Crippen molar-refractivity contribution < 1.29 is 9.63 Å². The maximum Gasteiger partial charge on any atom is 0.137 e. The Bertz CT molecular complexity index is 611. The van der Waals surface area contributed by atoms with Gasteiger partial charge in [0, 0.05) is 43.7 Å². The first-order valence-electron chi connectivity index (χ1n) is 7.35. The lowest BCUT2D eigenvalue weighted by molar-refractivity contribution is 0.137. The third-order valence-corrected chi connectivity index (χ3v) is 3.95. The first-order valence-corrected chi connectivity index (χ1v) is 7.35. The van der Waals surface area contributed by atoms with Crippen LogP contribution in [0.5, 0.6) is 0 Å². The molecule has 1 saturated heterocycles. The van der Waals surface area contributed by atoms with Crippen molar-refractivity contribution in [1.29, 1.82) is 0 Å². The van der Waals surface area contributed by atoms with Crippen LogP contribution in [0.4, 0.5) is 0 Å². The molecular weight excluding hydrogens is 266 g/mol. The zero-order chi connectivity index (χ0) is 14.8. The average Bonchev–Trinajstić information content (AvgIpc) is 2.97. The second-order valence-corrected chi connectivity index (χ2v) is 5.93. The van der Waals surface area contributed by atoms with Crippen LogP contribution in [0.1, 0.15) is 22.8 Å². The van der Waals surface area contributed by atoms with E-state index in [0.29, 0.717) is 6.54 Å². The van der Waals surface area contributed by atoms with E-state index < -0.39 is 0 Å². The Morgan fingerprint density at radius 3 is 2.86 bits per heavy atom. The number of rotatable bonds is 4. The molecule has 0 saturated carbocycles. The van der Waals surface area contributed by atoms with Crippen LogP contribution in [0.15, 0.2) is 28.8 Å². The summed E-state index contributed by atoms with van der Waals surface area (Å²) in [6.45, 7) is 6.24. The van der Waals surface area contributed by atoms with Crippen molar-refractivity contribution in [2.45, 2.75) is 32.9 Å². The molecule has 0 amide bonds. The zero-order valence-corrected chi connectivity index (χ0v) is 12.5. The van der Waals surface area contributed by atoms with Crippen LogP contribution < -0.4 is 0 Å². The fourth-order valence-corrected chi connectivity index (χ4v) is 2.96. The molecule has 2 aromatic rings. The van der Waals surface area contributed by atoms with E-state index in [1.54, 1.807) is 0 Å². The summed E-state index contributed by atoms with van der Waals surface area (Å²) in [5.41, 5.74) is 2.97. The van der Waals surface area contributed by atoms with Crippen LogP contribution in [0.25, 0.3) is 0 Å². The minimum Gasteiger partial charge on any atom is -0.391 e. The summed E-state index contributed by atoms with van der Waals surface area (Å²) in [6, 6.07) is 8.00. The van der Waals surface area contributed by atoms with E-state index in [1.165, 1.54) is 0 Å². The number of aliphatic hydroxyl groups is 1. The molecule has 1 aliphatic rings. The average molecular weight is 287 g/mol. The van der Waals surface area contributed by atoms with Gasteiger partial charge in [0.2, 0.25) is 0 Å². The van der Waals surface area contributed by atoms with Gasteiger partial charge in [0.1, 0.15) is 5.76 Å². The van der Waals surface area contributed by atoms with Gasteiger partial charge in [-0.2, -0.15) is 0 Å². The number of hydrogen-bond donors (Lipinski definition) is 1. The molecule has 0 radical (unpaired) electrons. The monoisotopic (exact) mass is 287 g/mol. The van der Waals surface area contributed by atoms with Crippen molar-refractivity contribution in [1.82, 2.24) is 15.0 Å². The van der Waals surface area contributed by atoms with Crippen LogP contribution in [0.3, 0.4) is 0 Å². The van der Waals surface area contributed by atoms with Gasteiger partial charge in [0.05, 0.1) is 17.5 Å². The van der Waals surface area contributed by atoms with Gasteiger partial charge in [-0.05, 0) is 26.0 Å². The molecule has 21 heavy (non-hydrogen) atoms. The van der Waals surface area contributed by atoms with E-state index in [9.17, 15) is 5.11 Å². The van der Waals surface area contributed by atoms with E-state index in [1.807, 2.05) is 38.1 Å². The molecule has 0 unspecified atom stereocenters. The number of hydrogen-bond acceptors (Lipinski definition) is 5. The summed E-state index contributed by atoms with van der Waals surface area (Å²) < 4.78 is 5.25. The first kappa shape index (κ1) is 14.2. The summed E-state index contributed by atoms with van der Waals surface area (Å²) in [4.78, 5) is 6.77. The van der Waals surface area contributed by atoms with E-state index in [0.717, 1.165) is 42.4 Å². The highest BCUT2D eigenvalue weighted by Crippen LogP contribution is 2.23. The second-order valence-electron chi connectivity index (χ2n) is 5.93. The van der Waals surface area contributed by atoms with E-state index in [4.69, 9.17) is 4.52 Å². The van der Waals surface area contributed by atoms with Crippen LogP contribution in [0.2, 0.25) is 0 Å². The molecule has 5 nitrogen and oxygen atoms in total. The van der Waals surface area contributed by atoms with Crippen molar-refractivity contribution in [3.8, 4) is 0 Å². The number of aryl methyl sites for hydroxylation is 2. The minimum absolute atomic E-state index is 0.196. The Morgan fingerprint density at radius 2 is 2.14 bits per heavy atom. The van der Waals surface area contributed by atoms with Gasteiger partial charge in [-0.25, -0.2) is 0 Å². The fraction of sp³-hybridized carbons (Fsp3) is 0.500. The largest absolute Gasteiger partial charge is 0.391 e. The van der Waals surface area contributed by atoms with Crippen LogP contribution in [-0.4, -0.2) is 39.3 Å². The van der Waals surface area contributed by atoms with Crippen molar-refractivity contribution >= 4 is 0 Å². The molecule has 0 aromatic carbocycles. The highest BCUT2D eigenvalue weighted by molar-refractivity contribution is 5.10. The molecule has 2 aromatic heterocycles. The lowest BCUT2D eigenvalue weighted by atomic mass is 10.0. The van der Waals surface area contributed by atoms with Gasteiger partial charge >= 0.3 is 0 Å². The number of nitrogens with zero attached hydrogens (tertiary/aromatic N) is 3. The molecule has 1 N–H and O–H groups in total. The molecule has 1 fully saturated rings. The molecule has 112 valence electrons. The lowest BCUT2D eigenvalue weighted by Gasteiger charge is -2.14. The van der Waals surface area contributed by atoms with Gasteiger partial charge in [-0.1, -0.05) is 11.2 Å². The topological polar surface area (TPSA) is 62.4 Å². The first-order chi connectivity index (χ1) is 10.1. The number of β-amino-alcohol motifs (C(OH)–C–C–N with tert-alkyl or cyclic N) is 1. The smallest absolute Gasteiger partial charge is 0.137 e. The molecule has 2 atom stereocenters. The number of pyridine rings is 1. The Morgan fingerprint density at radius 1 is 1.29 bits per heavy atom. The number of aromatic nitrogens is 2. The Kier molecular flexibility index (Phi) is 4.03. The molecule has 3 heterocycles. The predicted molar refractivity (Wildman–Crippen MR) is 78.7 cm³/mol. The Balaban J connectivity index is 1.60. The molecule has 0 bridgehead atoms. The van der Waals surface area contributed by atoms with E-state index in [2.05, 4.69) is 15.0 Å². The van der Waals surface area contributed by atoms with Gasteiger partial charge in [-0.15, -0.1) is 0 Å². The van der Waals surface area contributed by atoms with Crippen LogP contribution >= 0.6 is 0 Å². The number of likely N-dealkylation sites (tertiary alicyclic amines) is 1. The van der Waals surface area contributed by atoms with Crippen LogP contribution in [0, 0.1) is 19.8 Å². The molecule has 0 spiro atoms. The Labute approximate surface area is 124 Å². The summed E-state index contributed by atoms with van der Waals surface area (Å²) in [5, 5.41) is 14.1. The highest BCUT2D eigenvalue weighted by atomic mass is 16.5. The third-order valence-electron chi connectivity index (χ3n) is 3.95. The molecule has 0 aliphatic carbocycles. The predicted octanol–water partition coefficient (Wildman–Crippen LogP) is 1.72. The van der Waals surface area contributed by atoms with Gasteiger partial charge < -0.3 is 9.63 Å². The quantitative estimate of drug-likeness (QED) is 0.927. The van der Waals surface area contributed by atoms with Crippen molar-refractivity contribution in [2.24, 2.45) is 5.92 Å². The maximum atomic E-state index is 10.2. The summed E-state index contributed by atoms with van der Waals surface area (Å²) in [7, 11) is 0. The Hall–Kier alpha value is -1.72. The van der Waals surface area contributed by atoms with E-state index >= 15 is 0 Å². The minimum atomic E-state index is -0.319.